The number of benzene rings is 2. The lowest BCUT2D eigenvalue weighted by molar-refractivity contribution is -0.113. The molecule has 1 amide bonds. The average molecular weight is 443 g/mol. The number of anilines is 1. The number of rotatable bonds is 10. The summed E-state index contributed by atoms with van der Waals surface area (Å²) in [6.45, 7) is 0. The molecule has 1 heterocycles. The van der Waals surface area contributed by atoms with Crippen molar-refractivity contribution < 1.29 is 9.53 Å². The molecule has 0 aliphatic rings. The first-order valence-electron chi connectivity index (χ1n) is 9.67. The summed E-state index contributed by atoms with van der Waals surface area (Å²) in [5.41, 5.74) is 2.08. The molecule has 1 N–H and O–H groups in total. The minimum absolute atomic E-state index is 0.0534. The molecule has 0 atom stereocenters. The van der Waals surface area contributed by atoms with Crippen molar-refractivity contribution in [2.75, 3.05) is 24.4 Å². The van der Waals surface area contributed by atoms with Crippen molar-refractivity contribution in [3.8, 4) is 5.75 Å². The lowest BCUT2D eigenvalue weighted by Crippen LogP contribution is -2.14. The standard InChI is InChI=1S/C22H26N4O2S2/c1-26-20(9-4-6-16-10-12-18(28-2)13-11-16)24-25-22(26)30-15-21(27)23-17-7-5-8-19(14-17)29-3/h5,7-8,10-14H,4,6,9,15H2,1-3H3,(H,23,27). The molecule has 0 saturated heterocycles. The van der Waals surface area contributed by atoms with Gasteiger partial charge in [-0.15, -0.1) is 22.0 Å². The Labute approximate surface area is 185 Å². The molecule has 0 aliphatic heterocycles. The summed E-state index contributed by atoms with van der Waals surface area (Å²) in [6.07, 6.45) is 4.80. The van der Waals surface area contributed by atoms with Gasteiger partial charge in [-0.25, -0.2) is 0 Å². The molecule has 8 heteroatoms. The molecular formula is C22H26N4O2S2. The van der Waals surface area contributed by atoms with Crippen LogP contribution in [0.3, 0.4) is 0 Å². The van der Waals surface area contributed by atoms with Crippen LogP contribution in [0.5, 0.6) is 5.75 Å². The Morgan fingerprint density at radius 3 is 2.67 bits per heavy atom. The zero-order chi connectivity index (χ0) is 21.3. The van der Waals surface area contributed by atoms with Crippen LogP contribution in [0.15, 0.2) is 58.6 Å². The fourth-order valence-electron chi connectivity index (χ4n) is 2.96. The molecule has 3 rings (SSSR count). The van der Waals surface area contributed by atoms with Gasteiger partial charge in [0.2, 0.25) is 5.91 Å². The summed E-state index contributed by atoms with van der Waals surface area (Å²) in [5, 5.41) is 12.2. The van der Waals surface area contributed by atoms with Crippen molar-refractivity contribution >= 4 is 35.1 Å². The van der Waals surface area contributed by atoms with Crippen molar-refractivity contribution in [3.05, 3.63) is 59.9 Å². The van der Waals surface area contributed by atoms with E-state index >= 15 is 0 Å². The second-order valence-electron chi connectivity index (χ2n) is 6.73. The molecule has 6 nitrogen and oxygen atoms in total. The molecule has 0 aliphatic carbocycles. The number of amides is 1. The quantitative estimate of drug-likeness (QED) is 0.468. The Bertz CT molecular complexity index is 974. The molecule has 0 radical (unpaired) electrons. The van der Waals surface area contributed by atoms with Gasteiger partial charge in [-0.3, -0.25) is 4.79 Å². The van der Waals surface area contributed by atoms with Gasteiger partial charge in [-0.05, 0) is 55.0 Å². The van der Waals surface area contributed by atoms with Crippen molar-refractivity contribution in [3.63, 3.8) is 0 Å². The number of carbonyl (C=O) groups is 1. The first kappa shape index (κ1) is 22.2. The Morgan fingerprint density at radius 2 is 1.93 bits per heavy atom. The topological polar surface area (TPSA) is 69.0 Å². The largest absolute Gasteiger partial charge is 0.497 e. The Balaban J connectivity index is 1.46. The van der Waals surface area contributed by atoms with Crippen LogP contribution in [0, 0.1) is 0 Å². The van der Waals surface area contributed by atoms with E-state index in [1.54, 1.807) is 18.9 Å². The molecule has 0 spiro atoms. The van der Waals surface area contributed by atoms with E-state index in [-0.39, 0.29) is 5.91 Å². The van der Waals surface area contributed by atoms with Crippen molar-refractivity contribution in [1.29, 1.82) is 0 Å². The van der Waals surface area contributed by atoms with Crippen molar-refractivity contribution in [2.45, 2.75) is 29.3 Å². The molecule has 30 heavy (non-hydrogen) atoms. The van der Waals surface area contributed by atoms with Crippen LogP contribution in [0.25, 0.3) is 0 Å². The number of methoxy groups -OCH3 is 1. The van der Waals surface area contributed by atoms with E-state index in [4.69, 9.17) is 4.74 Å². The SMILES string of the molecule is COc1ccc(CCCc2nnc(SCC(=O)Nc3cccc(SC)c3)n2C)cc1. The number of nitrogens with zero attached hydrogens (tertiary/aromatic N) is 3. The normalized spacial score (nSPS) is 10.8. The van der Waals surface area contributed by atoms with Gasteiger partial charge in [0, 0.05) is 24.1 Å². The number of hydrogen-bond acceptors (Lipinski definition) is 6. The Kier molecular flexibility index (Phi) is 8.21. The fraction of sp³-hybridized carbons (Fsp3) is 0.318. The maximum Gasteiger partial charge on any atom is 0.234 e. The van der Waals surface area contributed by atoms with E-state index < -0.39 is 0 Å². The van der Waals surface area contributed by atoms with Crippen LogP contribution in [-0.2, 0) is 24.7 Å². The molecule has 0 bridgehead atoms. The number of hydrogen-bond donors (Lipinski definition) is 1. The predicted molar refractivity (Wildman–Crippen MR) is 124 cm³/mol. The lowest BCUT2D eigenvalue weighted by Gasteiger charge is -2.07. The number of nitrogens with one attached hydrogen (secondary N) is 1. The lowest BCUT2D eigenvalue weighted by atomic mass is 10.1. The summed E-state index contributed by atoms with van der Waals surface area (Å²) in [4.78, 5) is 13.4. The van der Waals surface area contributed by atoms with Gasteiger partial charge in [-0.1, -0.05) is 30.0 Å². The van der Waals surface area contributed by atoms with Gasteiger partial charge in [-0.2, -0.15) is 0 Å². The molecule has 0 fully saturated rings. The zero-order valence-corrected chi connectivity index (χ0v) is 19.1. The van der Waals surface area contributed by atoms with Gasteiger partial charge >= 0.3 is 0 Å². The van der Waals surface area contributed by atoms with E-state index in [0.29, 0.717) is 5.75 Å². The maximum atomic E-state index is 12.3. The van der Waals surface area contributed by atoms with Gasteiger partial charge in [0.25, 0.3) is 0 Å². The van der Waals surface area contributed by atoms with Crippen LogP contribution in [0.4, 0.5) is 5.69 Å². The van der Waals surface area contributed by atoms with Gasteiger partial charge in [0.1, 0.15) is 11.6 Å². The number of aromatic nitrogens is 3. The highest BCUT2D eigenvalue weighted by atomic mass is 32.2. The number of ether oxygens (including phenoxy) is 1. The smallest absolute Gasteiger partial charge is 0.234 e. The van der Waals surface area contributed by atoms with Gasteiger partial charge < -0.3 is 14.6 Å². The summed E-state index contributed by atoms with van der Waals surface area (Å²) < 4.78 is 7.16. The molecular weight excluding hydrogens is 416 g/mol. The second-order valence-corrected chi connectivity index (χ2v) is 8.55. The first-order valence-corrected chi connectivity index (χ1v) is 11.9. The average Bonchev–Trinajstić information content (AvgIpc) is 3.12. The van der Waals surface area contributed by atoms with Crippen LogP contribution < -0.4 is 10.1 Å². The van der Waals surface area contributed by atoms with Crippen molar-refractivity contribution in [2.24, 2.45) is 7.05 Å². The van der Waals surface area contributed by atoms with Crippen LogP contribution in [0.2, 0.25) is 0 Å². The highest BCUT2D eigenvalue weighted by molar-refractivity contribution is 7.99. The predicted octanol–water partition coefficient (Wildman–Crippen LogP) is 4.45. The highest BCUT2D eigenvalue weighted by Crippen LogP contribution is 2.21. The monoisotopic (exact) mass is 442 g/mol. The van der Waals surface area contributed by atoms with Gasteiger partial charge in [0.15, 0.2) is 5.16 Å². The second kappa shape index (κ2) is 11.1. The van der Waals surface area contributed by atoms with Crippen molar-refractivity contribution in [1.82, 2.24) is 14.8 Å². The third-order valence-corrected chi connectivity index (χ3v) is 6.38. The Hall–Kier alpha value is -2.45. The summed E-state index contributed by atoms with van der Waals surface area (Å²) in [6, 6.07) is 16.0. The molecule has 2 aromatic carbocycles. The summed E-state index contributed by atoms with van der Waals surface area (Å²) in [5.74, 6) is 2.04. The van der Waals surface area contributed by atoms with E-state index in [1.165, 1.54) is 17.3 Å². The zero-order valence-electron chi connectivity index (χ0n) is 17.4. The number of aryl methyl sites for hydroxylation is 2. The van der Waals surface area contributed by atoms with E-state index in [9.17, 15) is 4.79 Å². The molecule has 1 aromatic heterocycles. The summed E-state index contributed by atoms with van der Waals surface area (Å²) in [7, 11) is 3.62. The van der Waals surface area contributed by atoms with Crippen LogP contribution >= 0.6 is 23.5 Å². The third kappa shape index (κ3) is 6.27. The van der Waals surface area contributed by atoms with Gasteiger partial charge in [0.05, 0.1) is 12.9 Å². The van der Waals surface area contributed by atoms with E-state index in [1.807, 2.05) is 54.3 Å². The molecule has 0 saturated carbocycles. The molecule has 0 unspecified atom stereocenters. The third-order valence-electron chi connectivity index (χ3n) is 4.64. The van der Waals surface area contributed by atoms with E-state index in [0.717, 1.165) is 46.6 Å². The minimum atomic E-state index is -0.0534. The van der Waals surface area contributed by atoms with Crippen LogP contribution in [-0.4, -0.2) is 39.8 Å². The minimum Gasteiger partial charge on any atom is -0.497 e. The number of carbonyl (C=O) groups excluding carboxylic acids is 1. The fourth-order valence-corrected chi connectivity index (χ4v) is 4.15. The molecule has 158 valence electrons. The number of thioether (sulfide) groups is 2. The maximum absolute atomic E-state index is 12.3. The first-order chi connectivity index (χ1) is 14.6. The molecule has 3 aromatic rings. The highest BCUT2D eigenvalue weighted by Gasteiger charge is 2.12. The Morgan fingerprint density at radius 1 is 1.13 bits per heavy atom. The van der Waals surface area contributed by atoms with Crippen LogP contribution in [0.1, 0.15) is 17.8 Å². The van der Waals surface area contributed by atoms with E-state index in [2.05, 4.69) is 27.6 Å². The summed E-state index contributed by atoms with van der Waals surface area (Å²) >= 11 is 3.05.